The molecule has 0 spiro atoms. The van der Waals surface area contributed by atoms with Crippen molar-refractivity contribution in [2.75, 3.05) is 11.5 Å². The van der Waals surface area contributed by atoms with Crippen molar-refractivity contribution >= 4 is 29.0 Å². The highest BCUT2D eigenvalue weighted by molar-refractivity contribution is 7.80. The van der Waals surface area contributed by atoms with Crippen molar-refractivity contribution in [3.05, 3.63) is 113 Å². The van der Waals surface area contributed by atoms with Crippen LogP contribution in [-0.2, 0) is 15.7 Å². The molecule has 1 aliphatic rings. The van der Waals surface area contributed by atoms with Gasteiger partial charge in [-0.25, -0.2) is 4.79 Å². The number of alkyl halides is 3. The summed E-state index contributed by atoms with van der Waals surface area (Å²) in [5.74, 6) is -0.689. The van der Waals surface area contributed by atoms with Gasteiger partial charge >= 0.3 is 12.1 Å². The van der Waals surface area contributed by atoms with Crippen molar-refractivity contribution < 1.29 is 22.7 Å². The number of benzene rings is 2. The average Bonchev–Trinajstić information content (AvgIpc) is 2.85. The summed E-state index contributed by atoms with van der Waals surface area (Å²) in [6.45, 7) is 8.80. The van der Waals surface area contributed by atoms with E-state index >= 15 is 0 Å². The fourth-order valence-corrected chi connectivity index (χ4v) is 4.05. The molecule has 0 aliphatic carbocycles. The monoisotopic (exact) mass is 509 g/mol. The first-order valence-corrected chi connectivity index (χ1v) is 11.1. The number of thiocarbonyl (C=S) groups is 1. The van der Waals surface area contributed by atoms with Crippen LogP contribution in [0.1, 0.15) is 29.7 Å². The minimum Gasteiger partial charge on any atom is -0.457 e. The van der Waals surface area contributed by atoms with Gasteiger partial charge in [0.05, 0.1) is 28.8 Å². The number of hydrogen-bond acceptors (Lipinski definition) is 4. The zero-order valence-electron chi connectivity index (χ0n) is 19.3. The minimum atomic E-state index is -4.55. The summed E-state index contributed by atoms with van der Waals surface area (Å²) in [6, 6.07) is 12.5. The first kappa shape index (κ1) is 26.4. The molecule has 2 aromatic carbocycles. The van der Waals surface area contributed by atoms with Crippen LogP contribution in [0.2, 0.25) is 0 Å². The molecular weight excluding hydrogens is 487 g/mol. The number of halogens is 3. The van der Waals surface area contributed by atoms with Crippen molar-refractivity contribution in [2.45, 2.75) is 19.1 Å². The molecule has 0 aromatic heterocycles. The van der Waals surface area contributed by atoms with Gasteiger partial charge in [0, 0.05) is 11.4 Å². The third kappa shape index (κ3) is 5.73. The summed E-state index contributed by atoms with van der Waals surface area (Å²) in [6.07, 6.45) is 0.148. The molecule has 1 unspecified atom stereocenters. The SMILES string of the molecule is C=C/C=C(\C=C)COC(=O)C1=C(C)N(c2cccc(C(F)(F)F)c2)C(=S)NC1c1ccc(C#N)cc1. The van der Waals surface area contributed by atoms with Crippen LogP contribution < -0.4 is 10.2 Å². The van der Waals surface area contributed by atoms with Gasteiger partial charge in [-0.1, -0.05) is 49.6 Å². The highest BCUT2D eigenvalue weighted by atomic mass is 32.1. The summed E-state index contributed by atoms with van der Waals surface area (Å²) >= 11 is 5.51. The maximum Gasteiger partial charge on any atom is 0.416 e. The van der Waals surface area contributed by atoms with Gasteiger partial charge in [0.25, 0.3) is 0 Å². The van der Waals surface area contributed by atoms with Gasteiger partial charge in [0.15, 0.2) is 5.11 Å². The number of nitrogens with zero attached hydrogens (tertiary/aromatic N) is 2. The molecule has 36 heavy (non-hydrogen) atoms. The summed E-state index contributed by atoms with van der Waals surface area (Å²) in [5, 5.41) is 12.3. The lowest BCUT2D eigenvalue weighted by Gasteiger charge is -2.37. The Morgan fingerprint density at radius 2 is 1.94 bits per heavy atom. The number of nitriles is 1. The normalized spacial score (nSPS) is 16.2. The van der Waals surface area contributed by atoms with E-state index in [1.165, 1.54) is 29.2 Å². The van der Waals surface area contributed by atoms with Crippen LogP contribution in [0.25, 0.3) is 0 Å². The van der Waals surface area contributed by atoms with Crippen molar-refractivity contribution in [1.82, 2.24) is 5.32 Å². The largest absolute Gasteiger partial charge is 0.457 e. The van der Waals surface area contributed by atoms with E-state index in [0.29, 0.717) is 22.4 Å². The Bertz CT molecular complexity index is 1300. The second-order valence-corrected chi connectivity index (χ2v) is 8.14. The van der Waals surface area contributed by atoms with Gasteiger partial charge in [-0.15, -0.1) is 0 Å². The van der Waals surface area contributed by atoms with E-state index in [4.69, 9.17) is 22.2 Å². The van der Waals surface area contributed by atoms with Crippen LogP contribution in [0.15, 0.2) is 96.8 Å². The van der Waals surface area contributed by atoms with E-state index in [0.717, 1.165) is 12.1 Å². The molecule has 0 saturated carbocycles. The van der Waals surface area contributed by atoms with Crippen LogP contribution in [-0.4, -0.2) is 17.7 Å². The highest BCUT2D eigenvalue weighted by Crippen LogP contribution is 2.37. The zero-order chi connectivity index (χ0) is 26.5. The molecule has 1 heterocycles. The number of esters is 1. The van der Waals surface area contributed by atoms with E-state index in [-0.39, 0.29) is 23.0 Å². The molecule has 0 radical (unpaired) electrons. The molecule has 1 N–H and O–H groups in total. The molecule has 0 amide bonds. The van der Waals surface area contributed by atoms with Crippen LogP contribution in [0.5, 0.6) is 0 Å². The molecule has 9 heteroatoms. The molecule has 184 valence electrons. The second-order valence-electron chi connectivity index (χ2n) is 7.76. The first-order chi connectivity index (χ1) is 17.1. The van der Waals surface area contributed by atoms with Gasteiger partial charge in [-0.2, -0.15) is 18.4 Å². The number of hydrogen-bond donors (Lipinski definition) is 1. The van der Waals surface area contributed by atoms with Crippen LogP contribution in [0.3, 0.4) is 0 Å². The Morgan fingerprint density at radius 1 is 1.25 bits per heavy atom. The number of carbonyl (C=O) groups is 1. The molecule has 0 fully saturated rings. The Balaban J connectivity index is 2.11. The number of carbonyl (C=O) groups excluding carboxylic acids is 1. The van der Waals surface area contributed by atoms with Crippen molar-refractivity contribution in [3.63, 3.8) is 0 Å². The smallest absolute Gasteiger partial charge is 0.416 e. The number of nitrogens with one attached hydrogen (secondary N) is 1. The number of anilines is 1. The van der Waals surface area contributed by atoms with E-state index in [2.05, 4.69) is 18.5 Å². The third-order valence-corrected chi connectivity index (χ3v) is 5.77. The molecule has 2 aromatic rings. The Hall–Kier alpha value is -4.16. The molecule has 1 atom stereocenters. The molecule has 0 bridgehead atoms. The highest BCUT2D eigenvalue weighted by Gasteiger charge is 2.37. The summed E-state index contributed by atoms with van der Waals surface area (Å²) in [5.41, 5.74) is 1.43. The van der Waals surface area contributed by atoms with E-state index < -0.39 is 23.8 Å². The topological polar surface area (TPSA) is 65.4 Å². The van der Waals surface area contributed by atoms with Crippen molar-refractivity contribution in [2.24, 2.45) is 0 Å². The van der Waals surface area contributed by atoms with E-state index in [1.807, 2.05) is 6.07 Å². The lowest BCUT2D eigenvalue weighted by Crippen LogP contribution is -2.48. The minimum absolute atomic E-state index is 0.0841. The number of ether oxygens (including phenoxy) is 1. The van der Waals surface area contributed by atoms with Crippen LogP contribution in [0.4, 0.5) is 18.9 Å². The first-order valence-electron chi connectivity index (χ1n) is 10.7. The summed E-state index contributed by atoms with van der Waals surface area (Å²) in [4.78, 5) is 14.7. The standard InChI is InChI=1S/C27H22F3N3O2S/c1-4-7-18(5-2)16-35-25(34)23-17(3)33(22-9-6-8-21(14-22)27(28,29)30)26(36)32-24(23)20-12-10-19(15-31)11-13-20/h4-14,24H,1-2,16H2,3H3,(H,32,36)/b18-7+. The average molecular weight is 510 g/mol. The fraction of sp³-hybridized carbons (Fsp3) is 0.148. The Morgan fingerprint density at radius 3 is 2.53 bits per heavy atom. The predicted octanol–water partition coefficient (Wildman–Crippen LogP) is 6.13. The maximum atomic E-state index is 13.4. The second kappa shape index (κ2) is 11.1. The van der Waals surface area contributed by atoms with E-state index in [9.17, 15) is 18.0 Å². The maximum absolute atomic E-state index is 13.4. The Kier molecular flexibility index (Phi) is 8.12. The third-order valence-electron chi connectivity index (χ3n) is 5.47. The van der Waals surface area contributed by atoms with Gasteiger partial charge < -0.3 is 10.1 Å². The van der Waals surface area contributed by atoms with Gasteiger partial charge in [0.2, 0.25) is 0 Å². The molecular formula is C27H22F3N3O2S. The quantitative estimate of drug-likeness (QED) is 0.275. The number of rotatable bonds is 7. The van der Waals surface area contributed by atoms with Crippen LogP contribution in [0, 0.1) is 11.3 Å². The van der Waals surface area contributed by atoms with Crippen molar-refractivity contribution in [3.8, 4) is 6.07 Å². The number of allylic oxidation sites excluding steroid dienone is 3. The van der Waals surface area contributed by atoms with E-state index in [1.54, 1.807) is 37.3 Å². The Labute approximate surface area is 212 Å². The van der Waals surface area contributed by atoms with Gasteiger partial charge in [0.1, 0.15) is 6.61 Å². The van der Waals surface area contributed by atoms with Gasteiger partial charge in [-0.05, 0) is 60.6 Å². The fourth-order valence-electron chi connectivity index (χ4n) is 3.69. The van der Waals surface area contributed by atoms with Crippen LogP contribution >= 0.6 is 12.2 Å². The van der Waals surface area contributed by atoms with Crippen molar-refractivity contribution in [1.29, 1.82) is 5.26 Å². The summed E-state index contributed by atoms with van der Waals surface area (Å²) in [7, 11) is 0. The lowest BCUT2D eigenvalue weighted by atomic mass is 9.94. The molecule has 3 rings (SSSR count). The summed E-state index contributed by atoms with van der Waals surface area (Å²) < 4.78 is 45.6. The molecule has 1 aliphatic heterocycles. The lowest BCUT2D eigenvalue weighted by molar-refractivity contribution is -0.139. The zero-order valence-corrected chi connectivity index (χ0v) is 20.1. The predicted molar refractivity (Wildman–Crippen MR) is 136 cm³/mol. The molecule has 5 nitrogen and oxygen atoms in total. The van der Waals surface area contributed by atoms with Gasteiger partial charge in [-0.3, -0.25) is 4.90 Å². The molecule has 0 saturated heterocycles.